The van der Waals surface area contributed by atoms with Crippen LogP contribution >= 0.6 is 0 Å². The molecule has 0 bridgehead atoms. The van der Waals surface area contributed by atoms with Crippen LogP contribution in [-0.2, 0) is 17.8 Å². The van der Waals surface area contributed by atoms with Gasteiger partial charge < -0.3 is 20.3 Å². The first-order valence-electron chi connectivity index (χ1n) is 9.58. The average Bonchev–Trinajstić information content (AvgIpc) is 3.10. The Labute approximate surface area is 151 Å². The van der Waals surface area contributed by atoms with Gasteiger partial charge in [0.25, 0.3) is 0 Å². The summed E-state index contributed by atoms with van der Waals surface area (Å²) in [7, 11) is 2.11. The molecule has 5 nitrogen and oxygen atoms in total. The Bertz CT molecular complexity index is 578. The molecule has 1 saturated heterocycles. The monoisotopic (exact) mass is 345 g/mol. The van der Waals surface area contributed by atoms with Gasteiger partial charge in [-0.05, 0) is 50.4 Å². The van der Waals surface area contributed by atoms with Crippen LogP contribution in [0.3, 0.4) is 0 Å². The van der Waals surface area contributed by atoms with Gasteiger partial charge in [0.15, 0.2) is 0 Å². The first-order chi connectivity index (χ1) is 12.2. The van der Waals surface area contributed by atoms with Crippen molar-refractivity contribution in [3.63, 3.8) is 0 Å². The maximum absolute atomic E-state index is 12.3. The molecule has 25 heavy (non-hydrogen) atoms. The summed E-state index contributed by atoms with van der Waals surface area (Å²) in [6, 6.07) is 8.64. The van der Waals surface area contributed by atoms with Crippen LogP contribution in [0.5, 0.6) is 0 Å². The van der Waals surface area contributed by atoms with Crippen LogP contribution in [0.4, 0.5) is 4.79 Å². The van der Waals surface area contributed by atoms with Crippen molar-refractivity contribution >= 4 is 6.03 Å². The van der Waals surface area contributed by atoms with Crippen LogP contribution < -0.4 is 10.6 Å². The minimum Gasteiger partial charge on any atom is -0.378 e. The molecule has 3 rings (SSSR count). The molecule has 1 aromatic rings. The van der Waals surface area contributed by atoms with E-state index in [0.29, 0.717) is 18.6 Å². The molecule has 1 aliphatic carbocycles. The lowest BCUT2D eigenvalue weighted by atomic mass is 9.82. The normalized spacial score (nSPS) is 25.6. The molecule has 2 aliphatic rings. The maximum Gasteiger partial charge on any atom is 0.315 e. The second kappa shape index (κ2) is 8.68. The zero-order chi connectivity index (χ0) is 17.6. The smallest absolute Gasteiger partial charge is 0.315 e. The van der Waals surface area contributed by atoms with E-state index in [4.69, 9.17) is 4.74 Å². The molecule has 1 saturated carbocycles. The highest BCUT2D eigenvalue weighted by Crippen LogP contribution is 2.34. The van der Waals surface area contributed by atoms with E-state index >= 15 is 0 Å². The van der Waals surface area contributed by atoms with Crippen molar-refractivity contribution in [1.82, 2.24) is 15.5 Å². The van der Waals surface area contributed by atoms with Crippen LogP contribution in [0.25, 0.3) is 0 Å². The number of amides is 2. The average molecular weight is 345 g/mol. The number of benzene rings is 1. The van der Waals surface area contributed by atoms with Gasteiger partial charge in [0.2, 0.25) is 0 Å². The topological polar surface area (TPSA) is 53.6 Å². The molecule has 138 valence electrons. The zero-order valence-corrected chi connectivity index (χ0v) is 15.5. The van der Waals surface area contributed by atoms with Crippen molar-refractivity contribution < 1.29 is 9.53 Å². The van der Waals surface area contributed by atoms with Crippen LogP contribution in [-0.4, -0.2) is 43.3 Å². The molecule has 0 radical (unpaired) electrons. The van der Waals surface area contributed by atoms with Crippen molar-refractivity contribution in [2.45, 2.75) is 57.8 Å². The number of rotatable bonds is 6. The minimum atomic E-state index is -0.0615. The third-order valence-electron chi connectivity index (χ3n) is 5.53. The largest absolute Gasteiger partial charge is 0.378 e. The maximum atomic E-state index is 12.3. The molecule has 1 aromatic carbocycles. The third kappa shape index (κ3) is 4.95. The van der Waals surface area contributed by atoms with Crippen molar-refractivity contribution in [1.29, 1.82) is 0 Å². The molecule has 0 aromatic heterocycles. The summed E-state index contributed by atoms with van der Waals surface area (Å²) in [5.41, 5.74) is 2.42. The summed E-state index contributed by atoms with van der Waals surface area (Å²) in [5, 5.41) is 6.19. The third-order valence-corrected chi connectivity index (χ3v) is 5.53. The summed E-state index contributed by atoms with van der Waals surface area (Å²) < 4.78 is 5.78. The number of nitrogens with one attached hydrogen (secondary N) is 2. The number of fused-ring (bicyclic) bond motifs is 1. The Balaban J connectivity index is 1.48. The Morgan fingerprint density at radius 1 is 1.28 bits per heavy atom. The Morgan fingerprint density at radius 3 is 2.96 bits per heavy atom. The Morgan fingerprint density at radius 2 is 2.12 bits per heavy atom. The van der Waals surface area contributed by atoms with E-state index in [1.807, 2.05) is 0 Å². The van der Waals surface area contributed by atoms with Gasteiger partial charge in [-0.1, -0.05) is 31.2 Å². The highest BCUT2D eigenvalue weighted by atomic mass is 16.5. The van der Waals surface area contributed by atoms with Gasteiger partial charge in [-0.2, -0.15) is 0 Å². The summed E-state index contributed by atoms with van der Waals surface area (Å²) in [5.74, 6) is 0.493. The fourth-order valence-corrected chi connectivity index (χ4v) is 4.02. The number of nitrogens with zero attached hydrogens (tertiary/aromatic N) is 1. The van der Waals surface area contributed by atoms with Crippen LogP contribution in [0.2, 0.25) is 0 Å². The lowest BCUT2D eigenvalue weighted by Crippen LogP contribution is -2.49. The quantitative estimate of drug-likeness (QED) is 0.833. The zero-order valence-electron chi connectivity index (χ0n) is 15.5. The van der Waals surface area contributed by atoms with Gasteiger partial charge in [-0.15, -0.1) is 0 Å². The van der Waals surface area contributed by atoms with E-state index in [0.717, 1.165) is 50.9 Å². The summed E-state index contributed by atoms with van der Waals surface area (Å²) in [6.45, 7) is 5.52. The highest BCUT2D eigenvalue weighted by Gasteiger charge is 2.38. The molecule has 5 heteroatoms. The van der Waals surface area contributed by atoms with Crippen LogP contribution in [0, 0.1) is 5.92 Å². The van der Waals surface area contributed by atoms with E-state index in [2.05, 4.69) is 53.8 Å². The molecule has 3 atom stereocenters. The molecule has 2 N–H and O–H groups in total. The predicted molar refractivity (Wildman–Crippen MR) is 99.3 cm³/mol. The first kappa shape index (κ1) is 18.2. The SMILES string of the molecule is CCN(C)Cc1cccc(CNC(=O)N[C@@H]2CCC[C@@H]3OCC[C@@H]32)c1. The molecular formula is C20H31N3O2. The van der Waals surface area contributed by atoms with E-state index in [9.17, 15) is 4.79 Å². The van der Waals surface area contributed by atoms with Crippen molar-refractivity contribution in [3.05, 3.63) is 35.4 Å². The fourth-order valence-electron chi connectivity index (χ4n) is 4.02. The number of urea groups is 1. The number of ether oxygens (including phenoxy) is 1. The number of hydrogen-bond acceptors (Lipinski definition) is 3. The molecule has 2 fully saturated rings. The minimum absolute atomic E-state index is 0.0615. The van der Waals surface area contributed by atoms with Crippen LogP contribution in [0.15, 0.2) is 24.3 Å². The first-order valence-corrected chi connectivity index (χ1v) is 9.58. The van der Waals surface area contributed by atoms with Crippen molar-refractivity contribution in [2.75, 3.05) is 20.2 Å². The summed E-state index contributed by atoms with van der Waals surface area (Å²) in [4.78, 5) is 14.6. The molecule has 0 spiro atoms. The summed E-state index contributed by atoms with van der Waals surface area (Å²) >= 11 is 0. The van der Waals surface area contributed by atoms with Gasteiger partial charge in [0.05, 0.1) is 6.10 Å². The van der Waals surface area contributed by atoms with Gasteiger partial charge in [-0.25, -0.2) is 4.79 Å². The van der Waals surface area contributed by atoms with Gasteiger partial charge in [0, 0.05) is 31.7 Å². The lowest BCUT2D eigenvalue weighted by molar-refractivity contribution is 0.0549. The second-order valence-electron chi connectivity index (χ2n) is 7.38. The number of carbonyl (C=O) groups is 1. The molecule has 1 heterocycles. The number of carbonyl (C=O) groups excluding carboxylic acids is 1. The van der Waals surface area contributed by atoms with E-state index in [1.54, 1.807) is 0 Å². The standard InChI is InChI=1S/C20H31N3O2/c1-3-23(2)14-16-7-4-6-15(12-16)13-21-20(24)22-18-8-5-9-19-17(18)10-11-25-19/h4,6-7,12,17-19H,3,5,8-11,13-14H2,1-2H3,(H2,21,22,24)/t17-,18-,19+/m1/s1. The van der Waals surface area contributed by atoms with E-state index in [1.165, 1.54) is 5.56 Å². The van der Waals surface area contributed by atoms with Crippen LogP contribution in [0.1, 0.15) is 43.7 Å². The van der Waals surface area contributed by atoms with Crippen molar-refractivity contribution in [3.8, 4) is 0 Å². The van der Waals surface area contributed by atoms with Gasteiger partial charge in [0.1, 0.15) is 0 Å². The molecule has 1 aliphatic heterocycles. The molecular weight excluding hydrogens is 314 g/mol. The van der Waals surface area contributed by atoms with Gasteiger partial charge in [-0.3, -0.25) is 0 Å². The number of hydrogen-bond donors (Lipinski definition) is 2. The lowest BCUT2D eigenvalue weighted by Gasteiger charge is -2.33. The van der Waals surface area contributed by atoms with E-state index in [-0.39, 0.29) is 12.1 Å². The Kier molecular flexibility index (Phi) is 6.32. The van der Waals surface area contributed by atoms with Gasteiger partial charge >= 0.3 is 6.03 Å². The fraction of sp³-hybridized carbons (Fsp3) is 0.650. The molecule has 0 unspecified atom stereocenters. The molecule has 2 amide bonds. The highest BCUT2D eigenvalue weighted by molar-refractivity contribution is 5.74. The second-order valence-corrected chi connectivity index (χ2v) is 7.38. The Hall–Kier alpha value is -1.59. The predicted octanol–water partition coefficient (Wildman–Crippen LogP) is 2.90. The van der Waals surface area contributed by atoms with E-state index < -0.39 is 0 Å². The van der Waals surface area contributed by atoms with Crippen molar-refractivity contribution in [2.24, 2.45) is 5.92 Å². The summed E-state index contributed by atoms with van der Waals surface area (Å²) in [6.07, 6.45) is 4.77.